The fourth-order valence-electron chi connectivity index (χ4n) is 3.28. The maximum absolute atomic E-state index is 12.1. The molecule has 0 amide bonds. The molecule has 0 bridgehead atoms. The molecule has 1 aromatic carbocycles. The number of benzene rings is 1. The SMILES string of the molecule is CCNC(=NCCOc1cccc(OC)c1)NC1CCCC(S(=O)CC)C1.I. The van der Waals surface area contributed by atoms with Crippen molar-refractivity contribution in [3.63, 3.8) is 0 Å². The van der Waals surface area contributed by atoms with Crippen LogP contribution in [0.1, 0.15) is 39.5 Å². The zero-order valence-electron chi connectivity index (χ0n) is 17.1. The van der Waals surface area contributed by atoms with Crippen molar-refractivity contribution in [2.45, 2.75) is 50.8 Å². The van der Waals surface area contributed by atoms with Crippen LogP contribution in [0, 0.1) is 0 Å². The van der Waals surface area contributed by atoms with Gasteiger partial charge in [0.15, 0.2) is 5.96 Å². The highest BCUT2D eigenvalue weighted by Crippen LogP contribution is 2.23. The van der Waals surface area contributed by atoms with Crippen molar-refractivity contribution >= 4 is 40.7 Å². The number of hydrogen-bond acceptors (Lipinski definition) is 4. The average Bonchev–Trinajstić information content (AvgIpc) is 2.71. The normalized spacial score (nSPS) is 20.6. The molecule has 0 spiro atoms. The van der Waals surface area contributed by atoms with E-state index in [1.807, 2.05) is 31.2 Å². The Balaban J connectivity index is 0.00000392. The Morgan fingerprint density at radius 3 is 2.79 bits per heavy atom. The second-order valence-electron chi connectivity index (χ2n) is 6.59. The topological polar surface area (TPSA) is 72.0 Å². The van der Waals surface area contributed by atoms with E-state index >= 15 is 0 Å². The van der Waals surface area contributed by atoms with Crippen molar-refractivity contribution in [1.82, 2.24) is 10.6 Å². The van der Waals surface area contributed by atoms with Crippen LogP contribution in [0.5, 0.6) is 11.5 Å². The summed E-state index contributed by atoms with van der Waals surface area (Å²) in [6.45, 7) is 5.92. The molecule has 0 saturated heterocycles. The van der Waals surface area contributed by atoms with Crippen LogP contribution in [0.2, 0.25) is 0 Å². The summed E-state index contributed by atoms with van der Waals surface area (Å²) in [5.41, 5.74) is 0. The molecule has 1 aliphatic rings. The molecule has 2 rings (SSSR count). The van der Waals surface area contributed by atoms with Crippen molar-refractivity contribution in [2.75, 3.05) is 32.6 Å². The van der Waals surface area contributed by atoms with Gasteiger partial charge in [-0.05, 0) is 38.3 Å². The molecule has 1 fully saturated rings. The average molecular weight is 523 g/mol. The van der Waals surface area contributed by atoms with E-state index < -0.39 is 10.8 Å². The van der Waals surface area contributed by atoms with E-state index in [2.05, 4.69) is 22.5 Å². The second-order valence-corrected chi connectivity index (χ2v) is 8.59. The van der Waals surface area contributed by atoms with Gasteiger partial charge in [0.1, 0.15) is 18.1 Å². The number of hydrogen-bond donors (Lipinski definition) is 2. The zero-order valence-corrected chi connectivity index (χ0v) is 20.3. The molecular weight excluding hydrogens is 489 g/mol. The Morgan fingerprint density at radius 1 is 1.29 bits per heavy atom. The second kappa shape index (κ2) is 14.0. The van der Waals surface area contributed by atoms with E-state index in [4.69, 9.17) is 9.47 Å². The van der Waals surface area contributed by atoms with E-state index in [1.54, 1.807) is 7.11 Å². The van der Waals surface area contributed by atoms with E-state index in [0.29, 0.717) is 24.4 Å². The van der Waals surface area contributed by atoms with Crippen LogP contribution < -0.4 is 20.1 Å². The largest absolute Gasteiger partial charge is 0.497 e. The molecule has 3 atom stereocenters. The smallest absolute Gasteiger partial charge is 0.191 e. The highest BCUT2D eigenvalue weighted by molar-refractivity contribution is 14.0. The summed E-state index contributed by atoms with van der Waals surface area (Å²) in [5.74, 6) is 3.11. The molecule has 28 heavy (non-hydrogen) atoms. The lowest BCUT2D eigenvalue weighted by Crippen LogP contribution is -2.46. The van der Waals surface area contributed by atoms with Crippen molar-refractivity contribution in [3.8, 4) is 11.5 Å². The first kappa shape index (κ1) is 25.0. The Kier molecular flexibility index (Phi) is 12.5. The molecule has 0 aromatic heterocycles. The molecule has 160 valence electrons. The van der Waals surface area contributed by atoms with Gasteiger partial charge in [0.05, 0.1) is 13.7 Å². The third-order valence-corrected chi connectivity index (χ3v) is 6.38. The molecule has 0 heterocycles. The van der Waals surface area contributed by atoms with Crippen molar-refractivity contribution in [1.29, 1.82) is 0 Å². The minimum atomic E-state index is -0.714. The molecule has 2 N–H and O–H groups in total. The first-order valence-electron chi connectivity index (χ1n) is 9.85. The van der Waals surface area contributed by atoms with Gasteiger partial charge < -0.3 is 20.1 Å². The van der Waals surface area contributed by atoms with E-state index in [-0.39, 0.29) is 24.0 Å². The summed E-state index contributed by atoms with van der Waals surface area (Å²) in [4.78, 5) is 4.62. The fraction of sp³-hybridized carbons (Fsp3) is 0.650. The van der Waals surface area contributed by atoms with Crippen LogP contribution in [0.15, 0.2) is 29.3 Å². The van der Waals surface area contributed by atoms with Gasteiger partial charge >= 0.3 is 0 Å². The predicted molar refractivity (Wildman–Crippen MR) is 128 cm³/mol. The van der Waals surface area contributed by atoms with Crippen LogP contribution >= 0.6 is 24.0 Å². The Hall–Kier alpha value is -1.03. The third-order valence-electron chi connectivity index (χ3n) is 4.64. The lowest BCUT2D eigenvalue weighted by atomic mass is 9.95. The van der Waals surface area contributed by atoms with Gasteiger partial charge in [-0.3, -0.25) is 4.21 Å². The van der Waals surface area contributed by atoms with Crippen LogP contribution in [0.4, 0.5) is 0 Å². The summed E-state index contributed by atoms with van der Waals surface area (Å²) in [7, 11) is 0.928. The van der Waals surface area contributed by atoms with Crippen LogP contribution in [-0.4, -0.2) is 54.0 Å². The van der Waals surface area contributed by atoms with E-state index in [0.717, 1.165) is 55.4 Å². The Bertz CT molecular complexity index is 630. The summed E-state index contributed by atoms with van der Waals surface area (Å²) in [5, 5.41) is 7.11. The van der Waals surface area contributed by atoms with E-state index in [1.165, 1.54) is 0 Å². The monoisotopic (exact) mass is 523 g/mol. The van der Waals surface area contributed by atoms with Gasteiger partial charge in [0, 0.05) is 40.5 Å². The number of ether oxygens (including phenoxy) is 2. The maximum Gasteiger partial charge on any atom is 0.191 e. The molecule has 1 aromatic rings. The van der Waals surface area contributed by atoms with Crippen LogP contribution in [0.3, 0.4) is 0 Å². The number of halogens is 1. The first-order chi connectivity index (χ1) is 13.2. The first-order valence-corrected chi connectivity index (χ1v) is 11.2. The lowest BCUT2D eigenvalue weighted by Gasteiger charge is -2.30. The van der Waals surface area contributed by atoms with E-state index in [9.17, 15) is 4.21 Å². The number of aliphatic imine (C=N–C) groups is 1. The number of nitrogens with one attached hydrogen (secondary N) is 2. The molecule has 1 saturated carbocycles. The van der Waals surface area contributed by atoms with Gasteiger partial charge in [-0.1, -0.05) is 19.4 Å². The highest BCUT2D eigenvalue weighted by Gasteiger charge is 2.25. The molecule has 6 nitrogen and oxygen atoms in total. The summed E-state index contributed by atoms with van der Waals surface area (Å²) in [6, 6.07) is 7.90. The highest BCUT2D eigenvalue weighted by atomic mass is 127. The van der Waals surface area contributed by atoms with Crippen LogP contribution in [-0.2, 0) is 10.8 Å². The number of rotatable bonds is 9. The molecule has 1 aliphatic carbocycles. The van der Waals surface area contributed by atoms with Gasteiger partial charge in [-0.15, -0.1) is 24.0 Å². The predicted octanol–water partition coefficient (Wildman–Crippen LogP) is 3.33. The van der Waals surface area contributed by atoms with Gasteiger partial charge in [-0.2, -0.15) is 0 Å². The fourth-order valence-corrected chi connectivity index (χ4v) is 4.62. The summed E-state index contributed by atoms with van der Waals surface area (Å²) >= 11 is 0. The van der Waals surface area contributed by atoms with Gasteiger partial charge in [0.25, 0.3) is 0 Å². The van der Waals surface area contributed by atoms with Gasteiger partial charge in [0.2, 0.25) is 0 Å². The molecule has 0 radical (unpaired) electrons. The minimum Gasteiger partial charge on any atom is -0.497 e. The van der Waals surface area contributed by atoms with Gasteiger partial charge in [-0.25, -0.2) is 4.99 Å². The third kappa shape index (κ3) is 8.55. The standard InChI is InChI=1S/C20H33N3O3S.HI/c1-4-21-20(23-16-8-6-11-19(14-16)27(24)5-2)22-12-13-26-18-10-7-9-17(15-18)25-3;/h7,9-10,15-16,19H,4-6,8,11-14H2,1-3H3,(H2,21,22,23);1H. The van der Waals surface area contributed by atoms with Crippen molar-refractivity contribution in [3.05, 3.63) is 24.3 Å². The Labute approximate surface area is 188 Å². The minimum absolute atomic E-state index is 0. The quantitative estimate of drug-likeness (QED) is 0.225. The van der Waals surface area contributed by atoms with Crippen molar-refractivity contribution in [2.24, 2.45) is 4.99 Å². The zero-order chi connectivity index (χ0) is 19.5. The van der Waals surface area contributed by atoms with Crippen molar-refractivity contribution < 1.29 is 13.7 Å². The van der Waals surface area contributed by atoms with Crippen LogP contribution in [0.25, 0.3) is 0 Å². The molecule has 8 heteroatoms. The molecular formula is C20H34IN3O3S. The Morgan fingerprint density at radius 2 is 2.07 bits per heavy atom. The number of methoxy groups -OCH3 is 1. The lowest BCUT2D eigenvalue weighted by molar-refractivity contribution is 0.325. The number of guanidine groups is 1. The maximum atomic E-state index is 12.1. The molecule has 3 unspecified atom stereocenters. The summed E-state index contributed by atoms with van der Waals surface area (Å²) in [6.07, 6.45) is 4.24. The summed E-state index contributed by atoms with van der Waals surface area (Å²) < 4.78 is 23.1. The number of nitrogens with zero attached hydrogens (tertiary/aromatic N) is 1. The molecule has 0 aliphatic heterocycles.